The highest BCUT2D eigenvalue weighted by atomic mass is 16.5. The van der Waals surface area contributed by atoms with Crippen LogP contribution in [0.1, 0.15) is 29.8 Å². The molecule has 1 heterocycles. The van der Waals surface area contributed by atoms with E-state index in [0.29, 0.717) is 30.2 Å². The van der Waals surface area contributed by atoms with Gasteiger partial charge in [-0.15, -0.1) is 0 Å². The first kappa shape index (κ1) is 26.7. The standard InChI is InChI=1S/C27H37N3O5/c1-19-14-30(15-21-9-7-6-8-10-21)20(2)17-35-24-12-11-22(28-26(31)18-33-4)13-23(24)27(32)29(3)16-25(19)34-5/h6-13,19-20,25H,14-18H2,1-5H3,(H,28,31)/t19-,20-,25-/m0/s1. The molecule has 8 heteroatoms. The van der Waals surface area contributed by atoms with Crippen molar-refractivity contribution in [1.82, 2.24) is 9.80 Å². The summed E-state index contributed by atoms with van der Waals surface area (Å²) < 4.78 is 16.9. The van der Waals surface area contributed by atoms with Crippen molar-refractivity contribution in [2.75, 3.05) is 52.9 Å². The maximum absolute atomic E-state index is 13.4. The van der Waals surface area contributed by atoms with E-state index in [0.717, 1.165) is 13.1 Å². The molecule has 0 aromatic heterocycles. The number of carbonyl (C=O) groups is 2. The molecular formula is C27H37N3O5. The number of likely N-dealkylation sites (N-methyl/N-ethyl adjacent to an activating group) is 1. The Kier molecular flexibility index (Phi) is 9.65. The number of rotatable bonds is 6. The van der Waals surface area contributed by atoms with Gasteiger partial charge >= 0.3 is 0 Å². The van der Waals surface area contributed by atoms with Crippen LogP contribution in [0.25, 0.3) is 0 Å². The Morgan fingerprint density at radius 2 is 1.86 bits per heavy atom. The number of ether oxygens (including phenoxy) is 3. The van der Waals surface area contributed by atoms with E-state index in [1.54, 1.807) is 37.3 Å². The quantitative estimate of drug-likeness (QED) is 0.679. The van der Waals surface area contributed by atoms with Gasteiger partial charge in [0.25, 0.3) is 5.91 Å². The van der Waals surface area contributed by atoms with E-state index in [2.05, 4.69) is 36.2 Å². The number of carbonyl (C=O) groups excluding carboxylic acids is 2. The summed E-state index contributed by atoms with van der Waals surface area (Å²) in [6.07, 6.45) is -0.136. The summed E-state index contributed by atoms with van der Waals surface area (Å²) in [5, 5.41) is 2.76. The van der Waals surface area contributed by atoms with Crippen molar-refractivity contribution in [3.8, 4) is 5.75 Å². The number of hydrogen-bond donors (Lipinski definition) is 1. The van der Waals surface area contributed by atoms with Gasteiger partial charge in [0, 0.05) is 52.6 Å². The molecule has 0 unspecified atom stereocenters. The van der Waals surface area contributed by atoms with Gasteiger partial charge in [0.15, 0.2) is 0 Å². The second kappa shape index (κ2) is 12.7. The van der Waals surface area contributed by atoms with E-state index >= 15 is 0 Å². The minimum Gasteiger partial charge on any atom is -0.491 e. The molecular weight excluding hydrogens is 446 g/mol. The lowest BCUT2D eigenvalue weighted by Gasteiger charge is -2.36. The average Bonchev–Trinajstić information content (AvgIpc) is 2.85. The monoisotopic (exact) mass is 483 g/mol. The lowest BCUT2D eigenvalue weighted by Crippen LogP contribution is -2.46. The van der Waals surface area contributed by atoms with Crippen molar-refractivity contribution in [3.05, 3.63) is 59.7 Å². The number of nitrogens with one attached hydrogen (secondary N) is 1. The van der Waals surface area contributed by atoms with Crippen molar-refractivity contribution < 1.29 is 23.8 Å². The van der Waals surface area contributed by atoms with E-state index < -0.39 is 0 Å². The van der Waals surface area contributed by atoms with Crippen LogP contribution < -0.4 is 10.1 Å². The molecule has 190 valence electrons. The fourth-order valence-corrected chi connectivity index (χ4v) is 4.30. The second-order valence-corrected chi connectivity index (χ2v) is 9.20. The number of benzene rings is 2. The van der Waals surface area contributed by atoms with Crippen LogP contribution in [0.3, 0.4) is 0 Å². The topological polar surface area (TPSA) is 80.3 Å². The van der Waals surface area contributed by atoms with Gasteiger partial charge < -0.3 is 24.4 Å². The molecule has 35 heavy (non-hydrogen) atoms. The van der Waals surface area contributed by atoms with Crippen LogP contribution in [0.5, 0.6) is 5.75 Å². The third kappa shape index (κ3) is 7.27. The van der Waals surface area contributed by atoms with Gasteiger partial charge in [-0.2, -0.15) is 0 Å². The fraction of sp³-hybridized carbons (Fsp3) is 0.481. The summed E-state index contributed by atoms with van der Waals surface area (Å²) in [6.45, 7) is 6.66. The zero-order valence-corrected chi connectivity index (χ0v) is 21.3. The van der Waals surface area contributed by atoms with Crippen LogP contribution in [-0.4, -0.2) is 81.3 Å². The fourth-order valence-electron chi connectivity index (χ4n) is 4.30. The SMILES string of the molecule is COCC(=O)Nc1ccc2c(c1)C(=O)N(C)C[C@H](OC)[C@@H](C)CN(Cc1ccccc1)[C@@H](C)CO2. The minimum atomic E-state index is -0.291. The Hall–Kier alpha value is -2.94. The zero-order chi connectivity index (χ0) is 25.4. The summed E-state index contributed by atoms with van der Waals surface area (Å²) in [6, 6.07) is 15.6. The largest absolute Gasteiger partial charge is 0.491 e. The maximum Gasteiger partial charge on any atom is 0.257 e. The van der Waals surface area contributed by atoms with Crippen LogP contribution >= 0.6 is 0 Å². The molecule has 8 nitrogen and oxygen atoms in total. The van der Waals surface area contributed by atoms with E-state index in [1.807, 2.05) is 18.2 Å². The molecule has 0 radical (unpaired) electrons. The predicted octanol–water partition coefficient (Wildman–Crippen LogP) is 3.28. The number of methoxy groups -OCH3 is 2. The van der Waals surface area contributed by atoms with Gasteiger partial charge in [-0.05, 0) is 36.6 Å². The van der Waals surface area contributed by atoms with Gasteiger partial charge in [0.2, 0.25) is 5.91 Å². The summed E-state index contributed by atoms with van der Waals surface area (Å²) in [5.41, 5.74) is 2.14. The first-order valence-corrected chi connectivity index (χ1v) is 11.9. The van der Waals surface area contributed by atoms with E-state index in [1.165, 1.54) is 12.7 Å². The molecule has 2 aromatic rings. The molecule has 0 saturated carbocycles. The molecule has 0 aliphatic carbocycles. The van der Waals surface area contributed by atoms with E-state index in [9.17, 15) is 9.59 Å². The van der Waals surface area contributed by atoms with Crippen LogP contribution in [0.2, 0.25) is 0 Å². The highest BCUT2D eigenvalue weighted by Gasteiger charge is 2.28. The van der Waals surface area contributed by atoms with Gasteiger partial charge in [-0.1, -0.05) is 37.3 Å². The molecule has 3 atom stereocenters. The highest BCUT2D eigenvalue weighted by Crippen LogP contribution is 2.27. The Labute approximate surface area is 208 Å². The smallest absolute Gasteiger partial charge is 0.257 e. The minimum absolute atomic E-state index is 0.0659. The average molecular weight is 484 g/mol. The number of hydrogen-bond acceptors (Lipinski definition) is 6. The Morgan fingerprint density at radius 3 is 2.54 bits per heavy atom. The third-order valence-corrected chi connectivity index (χ3v) is 6.36. The molecule has 1 aliphatic heterocycles. The van der Waals surface area contributed by atoms with Gasteiger partial charge in [-0.25, -0.2) is 0 Å². The number of fused-ring (bicyclic) bond motifs is 1. The lowest BCUT2D eigenvalue weighted by atomic mass is 10.0. The third-order valence-electron chi connectivity index (χ3n) is 6.36. The van der Waals surface area contributed by atoms with Crippen LogP contribution in [0.15, 0.2) is 48.5 Å². The van der Waals surface area contributed by atoms with Gasteiger partial charge in [-0.3, -0.25) is 14.5 Å². The normalized spacial score (nSPS) is 21.9. The second-order valence-electron chi connectivity index (χ2n) is 9.20. The van der Waals surface area contributed by atoms with Crippen molar-refractivity contribution >= 4 is 17.5 Å². The summed E-state index contributed by atoms with van der Waals surface area (Å²) in [7, 11) is 4.91. The highest BCUT2D eigenvalue weighted by molar-refractivity contribution is 5.99. The molecule has 2 amide bonds. The van der Waals surface area contributed by atoms with E-state index in [-0.39, 0.29) is 36.5 Å². The predicted molar refractivity (Wildman–Crippen MR) is 136 cm³/mol. The first-order valence-electron chi connectivity index (χ1n) is 11.9. The van der Waals surface area contributed by atoms with Gasteiger partial charge in [0.1, 0.15) is 19.0 Å². The molecule has 2 aromatic carbocycles. The van der Waals surface area contributed by atoms with Crippen molar-refractivity contribution in [1.29, 1.82) is 0 Å². The van der Waals surface area contributed by atoms with Crippen molar-refractivity contribution in [2.24, 2.45) is 5.92 Å². The van der Waals surface area contributed by atoms with E-state index in [4.69, 9.17) is 14.2 Å². The first-order chi connectivity index (χ1) is 16.8. The summed E-state index contributed by atoms with van der Waals surface area (Å²) in [5.74, 6) is 0.188. The molecule has 0 saturated heterocycles. The Morgan fingerprint density at radius 1 is 1.11 bits per heavy atom. The van der Waals surface area contributed by atoms with Gasteiger partial charge in [0.05, 0.1) is 11.7 Å². The molecule has 3 rings (SSSR count). The maximum atomic E-state index is 13.4. The lowest BCUT2D eigenvalue weighted by molar-refractivity contribution is -0.119. The van der Waals surface area contributed by atoms with Crippen molar-refractivity contribution in [2.45, 2.75) is 32.5 Å². The molecule has 0 spiro atoms. The molecule has 0 fully saturated rings. The summed E-state index contributed by atoms with van der Waals surface area (Å²) >= 11 is 0. The molecule has 1 aliphatic rings. The number of nitrogens with zero attached hydrogens (tertiary/aromatic N) is 2. The molecule has 0 bridgehead atoms. The summed E-state index contributed by atoms with van der Waals surface area (Å²) in [4.78, 5) is 29.5. The Balaban J connectivity index is 1.92. The van der Waals surface area contributed by atoms with Crippen LogP contribution in [0.4, 0.5) is 5.69 Å². The Bertz CT molecular complexity index is 984. The zero-order valence-electron chi connectivity index (χ0n) is 21.3. The number of amides is 2. The van der Waals surface area contributed by atoms with Crippen LogP contribution in [-0.2, 0) is 20.8 Å². The van der Waals surface area contributed by atoms with Crippen molar-refractivity contribution in [3.63, 3.8) is 0 Å². The van der Waals surface area contributed by atoms with Crippen LogP contribution in [0, 0.1) is 5.92 Å². The number of anilines is 1. The molecule has 1 N–H and O–H groups in total.